The molecular weight excluding hydrogens is 256 g/mol. The quantitative estimate of drug-likeness (QED) is 0.863. The average molecular weight is 273 g/mol. The largest absolute Gasteiger partial charge is 0.496 e. The SMILES string of the molecule is CCC(C(=O)O)N(C)Cc1c(OC)ccc(F)c1F. The van der Waals surface area contributed by atoms with E-state index < -0.39 is 23.6 Å². The van der Waals surface area contributed by atoms with Gasteiger partial charge in [0, 0.05) is 12.1 Å². The van der Waals surface area contributed by atoms with Crippen molar-refractivity contribution in [1.82, 2.24) is 4.90 Å². The summed E-state index contributed by atoms with van der Waals surface area (Å²) in [6.07, 6.45) is 0.366. The molecule has 4 nitrogen and oxygen atoms in total. The topological polar surface area (TPSA) is 49.8 Å². The number of rotatable bonds is 6. The van der Waals surface area contributed by atoms with Crippen molar-refractivity contribution in [3.8, 4) is 5.75 Å². The van der Waals surface area contributed by atoms with Gasteiger partial charge in [0.15, 0.2) is 11.6 Å². The van der Waals surface area contributed by atoms with Gasteiger partial charge in [-0.2, -0.15) is 0 Å². The van der Waals surface area contributed by atoms with Gasteiger partial charge in [0.25, 0.3) is 0 Å². The molecule has 1 N–H and O–H groups in total. The number of ether oxygens (including phenoxy) is 1. The van der Waals surface area contributed by atoms with Crippen LogP contribution in [-0.2, 0) is 11.3 Å². The molecule has 0 amide bonds. The van der Waals surface area contributed by atoms with Crippen LogP contribution in [0.15, 0.2) is 12.1 Å². The first kappa shape index (κ1) is 15.4. The van der Waals surface area contributed by atoms with Crippen molar-refractivity contribution in [1.29, 1.82) is 0 Å². The van der Waals surface area contributed by atoms with Crippen LogP contribution in [0.1, 0.15) is 18.9 Å². The third kappa shape index (κ3) is 3.41. The summed E-state index contributed by atoms with van der Waals surface area (Å²) in [4.78, 5) is 12.5. The highest BCUT2D eigenvalue weighted by Gasteiger charge is 2.23. The predicted octanol–water partition coefficient (Wildman–Crippen LogP) is 2.27. The van der Waals surface area contributed by atoms with Crippen molar-refractivity contribution >= 4 is 5.97 Å². The van der Waals surface area contributed by atoms with E-state index in [2.05, 4.69) is 0 Å². The van der Waals surface area contributed by atoms with Crippen LogP contribution in [0, 0.1) is 11.6 Å². The van der Waals surface area contributed by atoms with Crippen LogP contribution < -0.4 is 4.74 Å². The van der Waals surface area contributed by atoms with Gasteiger partial charge in [-0.05, 0) is 25.6 Å². The van der Waals surface area contributed by atoms with Gasteiger partial charge in [-0.15, -0.1) is 0 Å². The predicted molar refractivity (Wildman–Crippen MR) is 66.1 cm³/mol. The van der Waals surface area contributed by atoms with Gasteiger partial charge in [0.2, 0.25) is 0 Å². The summed E-state index contributed by atoms with van der Waals surface area (Å²) < 4.78 is 31.9. The van der Waals surface area contributed by atoms with E-state index in [1.165, 1.54) is 18.1 Å². The molecule has 0 aromatic heterocycles. The van der Waals surface area contributed by atoms with Gasteiger partial charge >= 0.3 is 5.97 Å². The molecule has 0 aliphatic heterocycles. The summed E-state index contributed by atoms with van der Waals surface area (Å²) in [5, 5.41) is 9.03. The van der Waals surface area contributed by atoms with Crippen LogP contribution in [-0.4, -0.2) is 36.2 Å². The first-order chi connectivity index (χ1) is 8.92. The number of methoxy groups -OCH3 is 1. The lowest BCUT2D eigenvalue weighted by Crippen LogP contribution is -2.37. The van der Waals surface area contributed by atoms with Crippen molar-refractivity contribution in [3.63, 3.8) is 0 Å². The number of halogens is 2. The van der Waals surface area contributed by atoms with Crippen LogP contribution in [0.5, 0.6) is 5.75 Å². The van der Waals surface area contributed by atoms with Crippen LogP contribution in [0.4, 0.5) is 8.78 Å². The van der Waals surface area contributed by atoms with E-state index in [-0.39, 0.29) is 17.9 Å². The maximum atomic E-state index is 13.7. The first-order valence-electron chi connectivity index (χ1n) is 5.86. The minimum absolute atomic E-state index is 0.0182. The molecule has 1 aromatic rings. The fourth-order valence-electron chi connectivity index (χ4n) is 1.95. The third-order valence-electron chi connectivity index (χ3n) is 2.98. The zero-order valence-corrected chi connectivity index (χ0v) is 11.1. The molecule has 1 unspecified atom stereocenters. The van der Waals surface area contributed by atoms with E-state index in [1.807, 2.05) is 0 Å². The molecule has 0 aliphatic rings. The first-order valence-corrected chi connectivity index (χ1v) is 5.86. The Labute approximate surface area is 110 Å². The molecule has 0 bridgehead atoms. The second kappa shape index (κ2) is 6.47. The number of carboxylic acid groups (broad SMARTS) is 1. The molecule has 0 fully saturated rings. The molecule has 0 spiro atoms. The minimum atomic E-state index is -1.01. The van der Waals surface area contributed by atoms with Crippen LogP contribution >= 0.6 is 0 Å². The van der Waals surface area contributed by atoms with E-state index in [1.54, 1.807) is 14.0 Å². The van der Waals surface area contributed by atoms with Crippen molar-refractivity contribution < 1.29 is 23.4 Å². The van der Waals surface area contributed by atoms with Gasteiger partial charge in [0.05, 0.1) is 7.11 Å². The van der Waals surface area contributed by atoms with E-state index in [0.29, 0.717) is 6.42 Å². The minimum Gasteiger partial charge on any atom is -0.496 e. The smallest absolute Gasteiger partial charge is 0.320 e. The molecule has 19 heavy (non-hydrogen) atoms. The number of hydrogen-bond donors (Lipinski definition) is 1. The van der Waals surface area contributed by atoms with Crippen molar-refractivity contribution in [3.05, 3.63) is 29.3 Å². The molecular formula is C13H17F2NO3. The second-order valence-corrected chi connectivity index (χ2v) is 4.22. The maximum absolute atomic E-state index is 13.7. The number of carboxylic acids is 1. The standard InChI is InChI=1S/C13H17F2NO3/c1-4-10(13(17)18)16(2)7-8-11(19-3)6-5-9(14)12(8)15/h5-6,10H,4,7H2,1-3H3,(H,17,18). The summed E-state index contributed by atoms with van der Waals surface area (Å²) in [6.45, 7) is 1.67. The summed E-state index contributed by atoms with van der Waals surface area (Å²) in [5.74, 6) is -2.79. The molecule has 0 heterocycles. The number of benzene rings is 1. The number of likely N-dealkylation sites (N-methyl/N-ethyl adjacent to an activating group) is 1. The molecule has 1 rings (SSSR count). The van der Waals surface area contributed by atoms with Crippen molar-refractivity contribution in [2.24, 2.45) is 0 Å². The number of aliphatic carboxylic acids is 1. The molecule has 0 saturated heterocycles. The van der Waals surface area contributed by atoms with E-state index in [0.717, 1.165) is 6.07 Å². The normalized spacial score (nSPS) is 12.5. The van der Waals surface area contributed by atoms with Crippen LogP contribution in [0.25, 0.3) is 0 Å². The van der Waals surface area contributed by atoms with Crippen molar-refractivity contribution in [2.75, 3.05) is 14.2 Å². The molecule has 6 heteroatoms. The van der Waals surface area contributed by atoms with Crippen LogP contribution in [0.2, 0.25) is 0 Å². The Morgan fingerprint density at radius 2 is 2.11 bits per heavy atom. The van der Waals surface area contributed by atoms with Gasteiger partial charge in [0.1, 0.15) is 11.8 Å². The summed E-state index contributed by atoms with van der Waals surface area (Å²) >= 11 is 0. The van der Waals surface area contributed by atoms with Gasteiger partial charge < -0.3 is 9.84 Å². The summed E-state index contributed by atoms with van der Waals surface area (Å²) in [6, 6.07) is 1.54. The lowest BCUT2D eigenvalue weighted by Gasteiger charge is -2.24. The number of hydrogen-bond acceptors (Lipinski definition) is 3. The second-order valence-electron chi connectivity index (χ2n) is 4.22. The monoisotopic (exact) mass is 273 g/mol. The summed E-state index contributed by atoms with van der Waals surface area (Å²) in [5.41, 5.74) is 0.0182. The van der Waals surface area contributed by atoms with E-state index >= 15 is 0 Å². The zero-order chi connectivity index (χ0) is 14.6. The average Bonchev–Trinajstić information content (AvgIpc) is 2.35. The van der Waals surface area contributed by atoms with E-state index in [4.69, 9.17) is 9.84 Å². The highest BCUT2D eigenvalue weighted by atomic mass is 19.2. The Morgan fingerprint density at radius 3 is 2.58 bits per heavy atom. The van der Waals surface area contributed by atoms with Gasteiger partial charge in [-0.25, -0.2) is 8.78 Å². The molecule has 1 aromatic carbocycles. The van der Waals surface area contributed by atoms with Crippen LogP contribution in [0.3, 0.4) is 0 Å². The molecule has 0 radical (unpaired) electrons. The maximum Gasteiger partial charge on any atom is 0.320 e. The third-order valence-corrected chi connectivity index (χ3v) is 2.98. The summed E-state index contributed by atoms with van der Waals surface area (Å²) in [7, 11) is 2.90. The molecule has 0 saturated carbocycles. The lowest BCUT2D eigenvalue weighted by molar-refractivity contribution is -0.143. The molecule has 0 aliphatic carbocycles. The van der Waals surface area contributed by atoms with Crippen molar-refractivity contribution in [2.45, 2.75) is 25.9 Å². The Morgan fingerprint density at radius 1 is 1.47 bits per heavy atom. The Hall–Kier alpha value is -1.69. The van der Waals surface area contributed by atoms with E-state index in [9.17, 15) is 13.6 Å². The Balaban J connectivity index is 3.04. The number of carbonyl (C=O) groups is 1. The number of nitrogens with zero attached hydrogens (tertiary/aromatic N) is 1. The highest BCUT2D eigenvalue weighted by Crippen LogP contribution is 2.25. The Kier molecular flexibility index (Phi) is 5.23. The molecule has 106 valence electrons. The van der Waals surface area contributed by atoms with Gasteiger partial charge in [-0.3, -0.25) is 9.69 Å². The zero-order valence-electron chi connectivity index (χ0n) is 11.1. The Bertz CT molecular complexity index is 465. The lowest BCUT2D eigenvalue weighted by atomic mass is 10.1. The molecule has 1 atom stereocenters. The fraction of sp³-hybridized carbons (Fsp3) is 0.462. The highest BCUT2D eigenvalue weighted by molar-refractivity contribution is 5.73. The van der Waals surface area contributed by atoms with Gasteiger partial charge in [-0.1, -0.05) is 6.92 Å². The fourth-order valence-corrected chi connectivity index (χ4v) is 1.95.